The van der Waals surface area contributed by atoms with Crippen molar-refractivity contribution in [3.05, 3.63) is 223 Å². The molecule has 0 amide bonds. The number of ether oxygens (including phenoxy) is 4. The maximum atomic E-state index is 14.8. The van der Waals surface area contributed by atoms with E-state index in [9.17, 15) is 13.2 Å². The largest absolute Gasteiger partial charge is 0.491 e. The van der Waals surface area contributed by atoms with E-state index in [0.29, 0.717) is 62.1 Å². The minimum absolute atomic E-state index is 0.0949. The van der Waals surface area contributed by atoms with E-state index in [1.807, 2.05) is 143 Å². The molecule has 111 heavy (non-hydrogen) atoms. The Bertz CT molecular complexity index is 5650. The van der Waals surface area contributed by atoms with E-state index in [1.54, 1.807) is 18.2 Å². The van der Waals surface area contributed by atoms with E-state index in [1.165, 1.54) is 36.4 Å². The summed E-state index contributed by atoms with van der Waals surface area (Å²) in [7, 11) is -6.48. The van der Waals surface area contributed by atoms with Gasteiger partial charge in [0.05, 0.1) is 49.7 Å². The van der Waals surface area contributed by atoms with Crippen LogP contribution in [0.2, 0.25) is 108 Å². The zero-order chi connectivity index (χ0) is 78.8. The predicted octanol–water partition coefficient (Wildman–Crippen LogP) is 20.2. The highest BCUT2D eigenvalue weighted by atomic mass is 35.5. The molecule has 0 unspecified atom stereocenters. The molecule has 15 aromatic rings. The van der Waals surface area contributed by atoms with Crippen molar-refractivity contribution in [2.24, 2.45) is 0 Å². The topological polar surface area (TPSA) is 206 Å². The number of hydrogen-bond acceptors (Lipinski definition) is 12. The van der Waals surface area contributed by atoms with Gasteiger partial charge >= 0.3 is 7.12 Å². The molecule has 0 fully saturated rings. The van der Waals surface area contributed by atoms with Crippen molar-refractivity contribution in [1.29, 1.82) is 0 Å². The molecule has 9 aromatic carbocycles. The molecule has 18 nitrogen and oxygen atoms in total. The second kappa shape index (κ2) is 35.5. The molecule has 0 radical (unpaired) electrons. The highest BCUT2D eigenvalue weighted by molar-refractivity contribution is 6.77. The second-order valence-corrected chi connectivity index (χ2v) is 55.4. The van der Waals surface area contributed by atoms with Gasteiger partial charge in [0.25, 0.3) is 0 Å². The highest BCUT2D eigenvalue weighted by Crippen LogP contribution is 2.37. The lowest BCUT2D eigenvalue weighted by molar-refractivity contribution is 0.0815. The molecule has 0 saturated heterocycles. The first-order chi connectivity index (χ1) is 53.0. The molecule has 0 aliphatic heterocycles. The Kier molecular flexibility index (Phi) is 25.9. The summed E-state index contributed by atoms with van der Waals surface area (Å²) in [6.45, 7) is 32.7. The molecule has 6 aromatic heterocycles. The molecule has 0 spiro atoms. The number of nitrogens with one attached hydrogen (secondary N) is 2. The van der Waals surface area contributed by atoms with Crippen LogP contribution in [0.3, 0.4) is 0 Å². The number of fused-ring (bicyclic) bond motifs is 6. The van der Waals surface area contributed by atoms with Crippen LogP contribution in [0, 0.1) is 17.5 Å². The van der Waals surface area contributed by atoms with Crippen LogP contribution >= 0.6 is 11.6 Å². The first kappa shape index (κ1) is 81.1. The number of aromatic nitrogens is 12. The summed E-state index contributed by atoms with van der Waals surface area (Å²) in [6, 6.07) is 65.3. The fourth-order valence-corrected chi connectivity index (χ4v) is 15.6. The van der Waals surface area contributed by atoms with Gasteiger partial charge in [-0.25, -0.2) is 37.5 Å². The summed E-state index contributed by atoms with van der Waals surface area (Å²) in [6.07, 6.45) is 0. The normalized spacial score (nSPS) is 12.1. The summed E-state index contributed by atoms with van der Waals surface area (Å²) >= 11 is 6.42. The number of aromatic amines is 2. The Labute approximate surface area is 654 Å². The average Bonchev–Trinajstić information content (AvgIpc) is 1.59. The van der Waals surface area contributed by atoms with Crippen molar-refractivity contribution >= 4 is 122 Å². The van der Waals surface area contributed by atoms with Crippen molar-refractivity contribution < 1.29 is 42.2 Å². The summed E-state index contributed by atoms with van der Waals surface area (Å²) in [5.74, 6) is 1.12. The summed E-state index contributed by atoms with van der Waals surface area (Å²) < 4.78 is 74.0. The second-order valence-electron chi connectivity index (χ2n) is 32.5. The lowest BCUT2D eigenvalue weighted by Gasteiger charge is -2.16. The molecule has 576 valence electrons. The Balaban J connectivity index is 0.000000148. The molecule has 4 N–H and O–H groups in total. The molecule has 0 atom stereocenters. The van der Waals surface area contributed by atoms with Gasteiger partial charge in [0, 0.05) is 96.5 Å². The van der Waals surface area contributed by atoms with E-state index in [2.05, 4.69) is 120 Å². The smallest absolute Gasteiger partial charge is 0.423 e. The van der Waals surface area contributed by atoms with Gasteiger partial charge in [-0.2, -0.15) is 15.3 Å². The summed E-state index contributed by atoms with van der Waals surface area (Å²) in [5, 5.41) is 37.9. The number of nitrogens with zero attached hydrogens (tertiary/aromatic N) is 10. The van der Waals surface area contributed by atoms with E-state index in [0.717, 1.165) is 143 Å². The third kappa shape index (κ3) is 20.8. The Hall–Kier alpha value is -9.43. The van der Waals surface area contributed by atoms with E-state index < -0.39 is 45.2 Å². The van der Waals surface area contributed by atoms with Crippen molar-refractivity contribution in [3.8, 4) is 56.8 Å². The van der Waals surface area contributed by atoms with Crippen LogP contribution in [0.5, 0.6) is 0 Å². The average molecular weight is 1590 g/mol. The molecule has 0 aliphatic carbocycles. The predicted molar refractivity (Wildman–Crippen MR) is 457 cm³/mol. The highest BCUT2D eigenvalue weighted by Gasteiger charge is 2.26. The third-order valence-corrected chi connectivity index (χ3v) is 25.8. The van der Waals surface area contributed by atoms with Gasteiger partial charge in [0.2, 0.25) is 0 Å². The minimum atomic E-state index is -1.72. The fourth-order valence-electron chi connectivity index (χ4n) is 12.4. The van der Waals surface area contributed by atoms with Crippen molar-refractivity contribution in [1.82, 2.24) is 58.8 Å². The zero-order valence-electron chi connectivity index (χ0n) is 65.1. The maximum absolute atomic E-state index is 14.8. The van der Waals surface area contributed by atoms with Crippen LogP contribution in [-0.4, -0.2) is 135 Å². The van der Waals surface area contributed by atoms with Gasteiger partial charge in [-0.1, -0.05) is 193 Å². The lowest BCUT2D eigenvalue weighted by atomic mass is 9.80. The van der Waals surface area contributed by atoms with Gasteiger partial charge in [-0.15, -0.1) is 0 Å². The Morgan fingerprint density at radius 1 is 0.405 bits per heavy atom. The first-order valence-electron chi connectivity index (χ1n) is 37.5. The number of rotatable bonds is 26. The van der Waals surface area contributed by atoms with Crippen LogP contribution in [0.1, 0.15) is 0 Å². The molecule has 0 aliphatic rings. The molecule has 15 rings (SSSR count). The third-order valence-electron chi connectivity index (χ3n) is 18.8. The van der Waals surface area contributed by atoms with Gasteiger partial charge in [-0.3, -0.25) is 14.2 Å². The molecular weight excluding hydrogens is 1490 g/mol. The molecule has 27 heteroatoms. The number of halogens is 4. The Morgan fingerprint density at radius 2 is 0.820 bits per heavy atom. The molecular formula is C84H97BClF3N12O6Si4. The zero-order valence-corrected chi connectivity index (χ0v) is 69.9. The van der Waals surface area contributed by atoms with Crippen molar-refractivity contribution in [2.45, 2.75) is 130 Å². The van der Waals surface area contributed by atoms with Gasteiger partial charge < -0.3 is 34.0 Å². The van der Waals surface area contributed by atoms with E-state index in [4.69, 9.17) is 60.8 Å². The number of para-hydroxylation sites is 6. The van der Waals surface area contributed by atoms with Crippen LogP contribution in [0.15, 0.2) is 200 Å². The van der Waals surface area contributed by atoms with Gasteiger partial charge in [0.15, 0.2) is 17.5 Å². The Morgan fingerprint density at radius 3 is 1.29 bits per heavy atom. The monoisotopic (exact) mass is 1580 g/mol. The minimum Gasteiger partial charge on any atom is -0.423 e. The van der Waals surface area contributed by atoms with Crippen molar-refractivity contribution in [2.75, 3.05) is 26.4 Å². The number of hydrogen-bond donors (Lipinski definition) is 4. The first-order valence-corrected chi connectivity index (χ1v) is 52.7. The fraction of sp³-hybridized carbons (Fsp3) is 0.286. The van der Waals surface area contributed by atoms with Crippen LogP contribution < -0.4 is 5.46 Å². The van der Waals surface area contributed by atoms with Gasteiger partial charge in [-0.05, 0) is 132 Å². The SMILES string of the molecule is C[Si](C)(C)CCOCn1nc(-c2nc3ccccc3n2COCC[Si](C)(C)C)c2cc(-c3ccccc3F)ccc21.C[Si](C)(C)CCOCn1nc(-c2nc3ccccc3n2COCC[Si](C)(C)C)c2cc(Cl)ccc21.Fc1ccccc1-c1ccc2[nH]nc(-c3nc4ccccc4[nH]3)c2c1.OB(O)c1ccccc1F. The van der Waals surface area contributed by atoms with Crippen molar-refractivity contribution in [3.63, 3.8) is 0 Å². The number of H-pyrrole nitrogens is 2. The number of benzene rings is 9. The number of imidazole rings is 3. The standard InChI is InChI=1S/C32H41FN4O2Si2.C26H37ClN4O2Si2.C20H13FN4.C6H6BFO2/c1-40(2,3)19-17-38-22-36-30-14-10-9-13-28(30)34-32(36)31-26-21-24(25-11-7-8-12-27(25)33)15-16-29(26)37(35-31)23-39-18-20-41(4,5)6;1-34(2,3)15-13-32-18-30-24-10-8-7-9-22(24)28-26(30)25-21-17-20(27)11-12-23(21)31(29-25)19-33-14-16-35(4,5)6;21-15-6-2-1-5-13(15)12-9-10-16-14(11-12)19(25-24-16)20-22-17-7-3-4-8-18(17)23-20;8-6-4-2-1-3-5(6)7(9)10/h7-16,21H,17-20,22-23H2,1-6H3;7-12,17H,13-16,18-19H2,1-6H3;1-11H,(H,22,23)(H,24,25);1-4,9-10H. The van der Waals surface area contributed by atoms with Crippen LogP contribution in [0.25, 0.3) is 123 Å². The molecule has 6 heterocycles. The lowest BCUT2D eigenvalue weighted by Crippen LogP contribution is -2.32. The maximum Gasteiger partial charge on any atom is 0.491 e. The van der Waals surface area contributed by atoms with Gasteiger partial charge in [0.1, 0.15) is 61.5 Å². The van der Waals surface area contributed by atoms with Crippen LogP contribution in [-0.2, 0) is 45.9 Å². The molecule has 0 saturated carbocycles. The molecule has 0 bridgehead atoms. The quantitative estimate of drug-likeness (QED) is 0.0295. The van der Waals surface area contributed by atoms with E-state index in [-0.39, 0.29) is 17.1 Å². The summed E-state index contributed by atoms with van der Waals surface area (Å²) in [4.78, 5) is 17.9. The van der Waals surface area contributed by atoms with Crippen LogP contribution in [0.4, 0.5) is 13.2 Å². The summed E-state index contributed by atoms with van der Waals surface area (Å²) in [5.41, 5.74) is 13.4. The van der Waals surface area contributed by atoms with E-state index >= 15 is 0 Å².